The fraction of sp³-hybridized carbons (Fsp3) is 0.383. The van der Waals surface area contributed by atoms with Gasteiger partial charge in [-0.2, -0.15) is 0 Å². The third-order valence-electron chi connectivity index (χ3n) is 14.9. The quantitative estimate of drug-likeness (QED) is 0.103. The minimum Gasteiger partial charge on any atom is -0.391 e. The molecule has 0 aliphatic carbocycles. The summed E-state index contributed by atoms with van der Waals surface area (Å²) in [6.07, 6.45) is 1.36. The van der Waals surface area contributed by atoms with Gasteiger partial charge in [0.1, 0.15) is 53.7 Å². The molecule has 3 aromatic heterocycles. The van der Waals surface area contributed by atoms with E-state index >= 15 is 0 Å². The van der Waals surface area contributed by atoms with Crippen molar-refractivity contribution in [1.29, 1.82) is 0 Å². The number of carbonyl (C=O) groups is 7. The van der Waals surface area contributed by atoms with Gasteiger partial charge in [0, 0.05) is 72.3 Å². The summed E-state index contributed by atoms with van der Waals surface area (Å²) in [4.78, 5) is 113. The second-order valence-electron chi connectivity index (χ2n) is 22.0. The molecule has 6 aromatic rings. The summed E-state index contributed by atoms with van der Waals surface area (Å²) >= 11 is 7.89. The largest absolute Gasteiger partial charge is 0.391 e. The van der Waals surface area contributed by atoms with E-state index in [1.54, 1.807) is 56.4 Å². The molecule has 7 amide bonds. The number of aryl methyl sites for hydroxylation is 2. The van der Waals surface area contributed by atoms with Crippen LogP contribution in [0.4, 0.5) is 0 Å². The number of ether oxygens (including phenoxy) is 1. The zero-order valence-electron chi connectivity index (χ0n) is 46.9. The fourth-order valence-corrected chi connectivity index (χ4v) is 11.7. The highest BCUT2D eigenvalue weighted by atomic mass is 35.5. The highest BCUT2D eigenvalue weighted by molar-refractivity contribution is 7.15. The van der Waals surface area contributed by atoms with Gasteiger partial charge >= 0.3 is 0 Å². The minimum atomic E-state index is -1.46. The molecule has 434 valence electrons. The number of hydrogen-bond donors (Lipinski definition) is 7. The average Bonchev–Trinajstić information content (AvgIpc) is 3.48. The Morgan fingerprint density at radius 3 is 2.07 bits per heavy atom. The first kappa shape index (κ1) is 59.4. The number of carbonyl (C=O) groups excluding carboxylic acids is 7. The molecule has 7 N–H and O–H groups in total. The Balaban J connectivity index is 1.02. The Morgan fingerprint density at radius 2 is 1.40 bits per heavy atom. The molecule has 83 heavy (non-hydrogen) atoms. The summed E-state index contributed by atoms with van der Waals surface area (Å²) in [6, 6.07) is 20.2. The van der Waals surface area contributed by atoms with Crippen molar-refractivity contribution in [2.24, 2.45) is 10.4 Å². The number of fused-ring (bicyclic) bond motifs is 4. The zero-order valence-corrected chi connectivity index (χ0v) is 48.5. The molecule has 3 aliphatic rings. The number of aliphatic hydroxyl groups excluding tert-OH is 1. The van der Waals surface area contributed by atoms with Crippen LogP contribution >= 0.6 is 22.9 Å². The SMILES string of the molecule is Cc1sc2c(c1C)C(c1ccc(Cl)cc1)=N[C@@H](CC(=O)NC[C@H]1NC(=O)[C@@H](Cc3ccncc3)NC(=O)[C@@H](Cc3ccc(-c4ccccc4)cc3)NC(=O)[C@@H]3C[C@@H](O)CN3C(=O)[C@H](C(C)(C)C)NC(=O)COCCNC1=O)c1nnc(C)n1-2. The lowest BCUT2D eigenvalue weighted by Crippen LogP contribution is -2.61. The van der Waals surface area contributed by atoms with Gasteiger partial charge in [-0.25, -0.2) is 0 Å². The lowest BCUT2D eigenvalue weighted by molar-refractivity contribution is -0.145. The van der Waals surface area contributed by atoms with Gasteiger partial charge in [-0.15, -0.1) is 21.5 Å². The molecular formula is C60H67ClN12O9S. The predicted molar refractivity (Wildman–Crippen MR) is 312 cm³/mol. The molecule has 3 aromatic carbocycles. The van der Waals surface area contributed by atoms with Gasteiger partial charge in [0.05, 0.1) is 24.8 Å². The number of nitrogens with one attached hydrogen (secondary N) is 6. The van der Waals surface area contributed by atoms with Crippen LogP contribution in [0.5, 0.6) is 0 Å². The normalized spacial score (nSPS) is 22.2. The van der Waals surface area contributed by atoms with Crippen molar-refractivity contribution in [2.75, 3.05) is 32.8 Å². The van der Waals surface area contributed by atoms with Crippen LogP contribution in [0.3, 0.4) is 0 Å². The van der Waals surface area contributed by atoms with E-state index in [1.165, 1.54) is 17.3 Å². The summed E-state index contributed by atoms with van der Waals surface area (Å²) in [5.74, 6) is -3.90. The maximum atomic E-state index is 15.0. The van der Waals surface area contributed by atoms with Crippen LogP contribution < -0.4 is 31.9 Å². The molecule has 9 rings (SSSR count). The number of hydrogen-bond acceptors (Lipinski definition) is 14. The van der Waals surface area contributed by atoms with E-state index in [-0.39, 0.29) is 45.4 Å². The van der Waals surface area contributed by atoms with Gasteiger partial charge in [-0.3, -0.25) is 48.1 Å². The monoisotopic (exact) mass is 1170 g/mol. The van der Waals surface area contributed by atoms with Gasteiger partial charge < -0.3 is 46.6 Å². The van der Waals surface area contributed by atoms with E-state index in [9.17, 15) is 38.7 Å². The Labute approximate surface area is 489 Å². The molecule has 0 radical (unpaired) electrons. The number of amides is 7. The van der Waals surface area contributed by atoms with Crippen molar-refractivity contribution in [3.8, 4) is 16.1 Å². The maximum absolute atomic E-state index is 15.0. The Hall–Kier alpha value is -8.18. The highest BCUT2D eigenvalue weighted by Gasteiger charge is 2.45. The summed E-state index contributed by atoms with van der Waals surface area (Å²) in [5.41, 5.74) is 5.48. The molecule has 3 aliphatic heterocycles. The number of thiophene rings is 1. The number of pyridine rings is 1. The molecule has 0 unspecified atom stereocenters. The molecule has 0 spiro atoms. The van der Waals surface area contributed by atoms with Crippen LogP contribution in [0.25, 0.3) is 16.1 Å². The van der Waals surface area contributed by atoms with Crippen LogP contribution in [-0.2, 0) is 51.1 Å². The predicted octanol–water partition coefficient (Wildman–Crippen LogP) is 3.95. The number of aromatic nitrogens is 4. The second-order valence-corrected chi connectivity index (χ2v) is 23.7. The molecular weight excluding hydrogens is 1100 g/mol. The number of rotatable bonds is 10. The van der Waals surface area contributed by atoms with Crippen molar-refractivity contribution < 1.29 is 43.4 Å². The first-order valence-corrected chi connectivity index (χ1v) is 28.6. The third-order valence-corrected chi connectivity index (χ3v) is 16.3. The molecule has 0 saturated carbocycles. The molecule has 7 atom stereocenters. The molecule has 2 saturated heterocycles. The first-order chi connectivity index (χ1) is 39.7. The van der Waals surface area contributed by atoms with Crippen molar-refractivity contribution >= 4 is 70.0 Å². The number of nitrogens with zero attached hydrogens (tertiary/aromatic N) is 6. The summed E-state index contributed by atoms with van der Waals surface area (Å²) in [6.45, 7) is 9.60. The van der Waals surface area contributed by atoms with Gasteiger partial charge in [0.15, 0.2) is 5.82 Å². The third kappa shape index (κ3) is 14.2. The summed E-state index contributed by atoms with van der Waals surface area (Å²) in [5, 5.41) is 38.1. The molecule has 21 nitrogen and oxygen atoms in total. The van der Waals surface area contributed by atoms with Crippen molar-refractivity contribution in [1.82, 2.24) is 56.5 Å². The van der Waals surface area contributed by atoms with E-state index in [1.807, 2.05) is 92.1 Å². The summed E-state index contributed by atoms with van der Waals surface area (Å²) < 4.78 is 7.56. The van der Waals surface area contributed by atoms with E-state index in [0.29, 0.717) is 33.5 Å². The van der Waals surface area contributed by atoms with Crippen LogP contribution in [0.2, 0.25) is 5.02 Å². The van der Waals surface area contributed by atoms with E-state index in [4.69, 9.17) is 21.3 Å². The lowest BCUT2D eigenvalue weighted by atomic mass is 9.85. The Morgan fingerprint density at radius 1 is 0.771 bits per heavy atom. The second kappa shape index (κ2) is 25.9. The molecule has 0 bridgehead atoms. The van der Waals surface area contributed by atoms with Crippen molar-refractivity contribution in [2.45, 2.75) is 110 Å². The number of aliphatic imine (C=N–C) groups is 1. The fourth-order valence-electron chi connectivity index (χ4n) is 10.3. The van der Waals surface area contributed by atoms with E-state index in [0.717, 1.165) is 37.7 Å². The van der Waals surface area contributed by atoms with Crippen LogP contribution in [0.15, 0.2) is 108 Å². The van der Waals surface area contributed by atoms with Gasteiger partial charge in [-0.1, -0.05) is 99.1 Å². The lowest BCUT2D eigenvalue weighted by Gasteiger charge is -2.35. The number of halogens is 1. The topological polar surface area (TPSA) is 280 Å². The van der Waals surface area contributed by atoms with Crippen molar-refractivity contribution in [3.05, 3.63) is 153 Å². The number of aliphatic hydroxyl groups is 1. The minimum absolute atomic E-state index is 0.0766. The molecule has 23 heteroatoms. The van der Waals surface area contributed by atoms with E-state index < -0.39 is 102 Å². The van der Waals surface area contributed by atoms with Gasteiger partial charge in [0.2, 0.25) is 41.4 Å². The van der Waals surface area contributed by atoms with Gasteiger partial charge in [0.25, 0.3) is 0 Å². The standard InChI is InChI=1S/C60H67ClN12O9S/c1-33-34(2)83-59-50(33)51(40-16-18-41(61)19-17-40)65-43(53-71-70-35(3)73(53)59)29-48(75)64-30-46-54(77)63-24-25-82-32-49(76)69-52(60(4,5)6)58(81)72-31-42(74)28-47(72)57(80)67-45(26-36-12-14-39(15-13-36)38-10-8-7-9-11-38)55(78)66-44(56(79)68-46)27-37-20-22-62-23-21-37/h7-23,42-47,52,74H,24-32H2,1-6H3,(H,63,77)(H,64,75)(H,66,78)(H,67,80)(H,68,79)(H,69,76)/t42-,43+,44-,45-,46-,47+,52-/m1/s1. The van der Waals surface area contributed by atoms with Crippen LogP contribution in [-0.4, -0.2) is 146 Å². The van der Waals surface area contributed by atoms with Crippen LogP contribution in [0, 0.1) is 26.2 Å². The first-order valence-electron chi connectivity index (χ1n) is 27.4. The number of benzene rings is 3. The van der Waals surface area contributed by atoms with Crippen LogP contribution in [0.1, 0.15) is 84.0 Å². The highest BCUT2D eigenvalue weighted by Crippen LogP contribution is 2.40. The Bertz CT molecular complexity index is 3400. The summed E-state index contributed by atoms with van der Waals surface area (Å²) in [7, 11) is 0. The maximum Gasteiger partial charge on any atom is 0.246 e. The van der Waals surface area contributed by atoms with E-state index in [2.05, 4.69) is 47.1 Å². The average molecular weight is 1170 g/mol. The smallest absolute Gasteiger partial charge is 0.246 e. The zero-order chi connectivity index (χ0) is 59.1. The van der Waals surface area contributed by atoms with Gasteiger partial charge in [-0.05, 0) is 78.3 Å². The molecule has 2 fully saturated rings. The van der Waals surface area contributed by atoms with Crippen molar-refractivity contribution in [3.63, 3.8) is 0 Å². The molecule has 6 heterocycles. The Kier molecular flexibility index (Phi) is 18.6.